The van der Waals surface area contributed by atoms with Crippen LogP contribution >= 0.6 is 0 Å². The first-order chi connectivity index (χ1) is 18.5. The van der Waals surface area contributed by atoms with Crippen molar-refractivity contribution in [2.45, 2.75) is 70.1 Å². The van der Waals surface area contributed by atoms with Crippen LogP contribution in [0.15, 0.2) is 42.9 Å². The fraction of sp³-hybridized carbons (Fsp3) is 0.462. The molecule has 0 bridgehead atoms. The van der Waals surface area contributed by atoms with E-state index in [0.717, 1.165) is 5.56 Å². The van der Waals surface area contributed by atoms with Crippen molar-refractivity contribution in [2.75, 3.05) is 0 Å². The number of aromatic nitrogens is 2. The number of nitrogens with zero attached hydrogens (tertiary/aromatic N) is 1. The Balaban J connectivity index is 2.20. The van der Waals surface area contributed by atoms with Crippen molar-refractivity contribution in [3.63, 3.8) is 0 Å². The summed E-state index contributed by atoms with van der Waals surface area (Å²) >= 11 is 0. The molecule has 13 heteroatoms. The first kappa shape index (κ1) is 31.0. The molecule has 1 aromatic heterocycles. The van der Waals surface area contributed by atoms with E-state index in [1.165, 1.54) is 6.33 Å². The van der Waals surface area contributed by atoms with Crippen molar-refractivity contribution in [3.8, 4) is 0 Å². The molecule has 5 atom stereocenters. The smallest absolute Gasteiger partial charge is 0.326 e. The third-order valence-corrected chi connectivity index (χ3v) is 6.33. The Morgan fingerprint density at radius 3 is 2.21 bits per heavy atom. The SMILES string of the molecule is CCC(C)C(NC(=O)C(Cc1ccccc1)NC(=O)C(N)Cc1cnc[nH]1)C(=O)NC(CCC(N)=O)C(=O)O. The maximum atomic E-state index is 13.5. The van der Waals surface area contributed by atoms with Gasteiger partial charge in [0.15, 0.2) is 0 Å². The number of rotatable bonds is 16. The summed E-state index contributed by atoms with van der Waals surface area (Å²) < 4.78 is 0. The summed E-state index contributed by atoms with van der Waals surface area (Å²) in [5.41, 5.74) is 12.6. The number of benzene rings is 1. The van der Waals surface area contributed by atoms with Crippen molar-refractivity contribution in [2.24, 2.45) is 17.4 Å². The molecule has 0 fully saturated rings. The van der Waals surface area contributed by atoms with E-state index in [1.54, 1.807) is 37.4 Å². The van der Waals surface area contributed by atoms with E-state index in [-0.39, 0.29) is 31.6 Å². The van der Waals surface area contributed by atoms with Gasteiger partial charge in [0.1, 0.15) is 18.1 Å². The zero-order chi connectivity index (χ0) is 28.9. The number of primary amides is 1. The number of aliphatic carboxylic acids is 1. The lowest BCUT2D eigenvalue weighted by molar-refractivity contribution is -0.143. The molecule has 0 spiro atoms. The molecule has 9 N–H and O–H groups in total. The molecule has 0 saturated heterocycles. The van der Waals surface area contributed by atoms with Crippen LogP contribution in [0.1, 0.15) is 44.4 Å². The van der Waals surface area contributed by atoms with Gasteiger partial charge in [-0.3, -0.25) is 19.2 Å². The van der Waals surface area contributed by atoms with Gasteiger partial charge in [0, 0.05) is 31.2 Å². The number of hydrogen-bond acceptors (Lipinski definition) is 7. The predicted octanol–water partition coefficient (Wildman–Crippen LogP) is -0.627. The second kappa shape index (κ2) is 15.2. The highest BCUT2D eigenvalue weighted by Gasteiger charge is 2.33. The van der Waals surface area contributed by atoms with Crippen LogP contribution in [-0.4, -0.2) is 68.8 Å². The van der Waals surface area contributed by atoms with Gasteiger partial charge < -0.3 is 37.5 Å². The van der Waals surface area contributed by atoms with Crippen LogP contribution in [0.2, 0.25) is 0 Å². The van der Waals surface area contributed by atoms with Crippen LogP contribution < -0.4 is 27.4 Å². The zero-order valence-corrected chi connectivity index (χ0v) is 22.1. The number of nitrogens with two attached hydrogens (primary N) is 2. The predicted molar refractivity (Wildman–Crippen MR) is 142 cm³/mol. The molecule has 212 valence electrons. The highest BCUT2D eigenvalue weighted by Crippen LogP contribution is 2.11. The van der Waals surface area contributed by atoms with Crippen LogP contribution in [0, 0.1) is 5.92 Å². The van der Waals surface area contributed by atoms with Crippen LogP contribution in [0.4, 0.5) is 0 Å². The van der Waals surface area contributed by atoms with Gasteiger partial charge in [-0.25, -0.2) is 9.78 Å². The maximum Gasteiger partial charge on any atom is 0.326 e. The maximum absolute atomic E-state index is 13.5. The minimum Gasteiger partial charge on any atom is -0.480 e. The minimum atomic E-state index is -1.37. The summed E-state index contributed by atoms with van der Waals surface area (Å²) in [5, 5.41) is 17.2. The Kier molecular flexibility index (Phi) is 12.1. The van der Waals surface area contributed by atoms with Gasteiger partial charge in [-0.05, 0) is 17.9 Å². The van der Waals surface area contributed by atoms with Crippen molar-refractivity contribution < 1.29 is 29.1 Å². The average Bonchev–Trinajstić information content (AvgIpc) is 3.41. The van der Waals surface area contributed by atoms with Gasteiger partial charge in [-0.2, -0.15) is 0 Å². The van der Waals surface area contributed by atoms with E-state index in [1.807, 2.05) is 13.0 Å². The molecule has 13 nitrogen and oxygen atoms in total. The molecule has 2 aromatic rings. The molecule has 1 aromatic carbocycles. The van der Waals surface area contributed by atoms with E-state index in [4.69, 9.17) is 11.5 Å². The van der Waals surface area contributed by atoms with Crippen molar-refractivity contribution in [3.05, 3.63) is 54.1 Å². The van der Waals surface area contributed by atoms with Crippen molar-refractivity contribution in [1.82, 2.24) is 25.9 Å². The number of nitrogens with one attached hydrogen (secondary N) is 4. The fourth-order valence-corrected chi connectivity index (χ4v) is 3.83. The Morgan fingerprint density at radius 2 is 1.64 bits per heavy atom. The minimum absolute atomic E-state index is 0.125. The zero-order valence-electron chi connectivity index (χ0n) is 22.1. The fourth-order valence-electron chi connectivity index (χ4n) is 3.83. The molecule has 0 aliphatic carbocycles. The number of H-pyrrole nitrogens is 1. The molecule has 5 unspecified atom stereocenters. The second-order valence-electron chi connectivity index (χ2n) is 9.41. The van der Waals surface area contributed by atoms with Gasteiger partial charge in [-0.15, -0.1) is 0 Å². The molecular formula is C26H37N7O6. The van der Waals surface area contributed by atoms with Crippen LogP contribution in [0.5, 0.6) is 0 Å². The summed E-state index contributed by atoms with van der Waals surface area (Å²) in [4.78, 5) is 69.0. The molecule has 0 radical (unpaired) electrons. The van der Waals surface area contributed by atoms with E-state index in [9.17, 15) is 29.1 Å². The summed E-state index contributed by atoms with van der Waals surface area (Å²) in [5.74, 6) is -4.34. The number of hydrogen-bond donors (Lipinski definition) is 7. The molecule has 4 amide bonds. The van der Waals surface area contributed by atoms with Gasteiger partial charge in [0.05, 0.1) is 12.4 Å². The Labute approximate surface area is 226 Å². The van der Waals surface area contributed by atoms with E-state index >= 15 is 0 Å². The average molecular weight is 544 g/mol. The number of amides is 4. The van der Waals surface area contributed by atoms with Gasteiger partial charge in [0.2, 0.25) is 23.6 Å². The Hall–Kier alpha value is -4.26. The van der Waals surface area contributed by atoms with Crippen LogP contribution in [0.25, 0.3) is 0 Å². The lowest BCUT2D eigenvalue weighted by Gasteiger charge is -2.28. The summed E-state index contributed by atoms with van der Waals surface area (Å²) in [7, 11) is 0. The third-order valence-electron chi connectivity index (χ3n) is 6.33. The molecule has 1 heterocycles. The van der Waals surface area contributed by atoms with E-state index in [2.05, 4.69) is 25.9 Å². The second-order valence-corrected chi connectivity index (χ2v) is 9.41. The third kappa shape index (κ3) is 10.2. The highest BCUT2D eigenvalue weighted by atomic mass is 16.4. The van der Waals surface area contributed by atoms with Crippen LogP contribution in [0.3, 0.4) is 0 Å². The largest absolute Gasteiger partial charge is 0.480 e. The Morgan fingerprint density at radius 1 is 0.974 bits per heavy atom. The molecule has 39 heavy (non-hydrogen) atoms. The summed E-state index contributed by atoms with van der Waals surface area (Å²) in [6, 6.07) is 4.49. The lowest BCUT2D eigenvalue weighted by atomic mass is 9.96. The first-order valence-electron chi connectivity index (χ1n) is 12.7. The standard InChI is InChI=1S/C26H37N7O6/c1-3-15(2)22(25(37)31-19(26(38)39)9-10-21(28)34)33-24(36)20(11-16-7-5-4-6-8-16)32-23(35)18(27)12-17-13-29-14-30-17/h4-8,13-15,18-20,22H,3,9-12,27H2,1-2H3,(H2,28,34)(H,29,30)(H,31,37)(H,32,35)(H,33,36)(H,38,39). The first-order valence-corrected chi connectivity index (χ1v) is 12.7. The van der Waals surface area contributed by atoms with Gasteiger partial charge in [0.25, 0.3) is 0 Å². The van der Waals surface area contributed by atoms with Crippen molar-refractivity contribution in [1.29, 1.82) is 0 Å². The topological polar surface area (TPSA) is 222 Å². The summed E-state index contributed by atoms with van der Waals surface area (Å²) in [6.07, 6.45) is 3.37. The molecule has 0 aliphatic heterocycles. The molecule has 2 rings (SSSR count). The van der Waals surface area contributed by atoms with Crippen LogP contribution in [-0.2, 0) is 36.8 Å². The van der Waals surface area contributed by atoms with Crippen molar-refractivity contribution >= 4 is 29.6 Å². The number of carboxylic acid groups (broad SMARTS) is 1. The normalized spacial score (nSPS) is 14.7. The quantitative estimate of drug-likeness (QED) is 0.144. The molecular weight excluding hydrogens is 506 g/mol. The highest BCUT2D eigenvalue weighted by molar-refractivity contribution is 5.94. The monoisotopic (exact) mass is 543 g/mol. The number of carboxylic acids is 1. The number of imidazole rings is 1. The van der Waals surface area contributed by atoms with Gasteiger partial charge in [-0.1, -0.05) is 50.6 Å². The Bertz CT molecular complexity index is 1110. The number of carbonyl (C=O) groups excluding carboxylic acids is 4. The van der Waals surface area contributed by atoms with E-state index in [0.29, 0.717) is 12.1 Å². The molecule has 0 saturated carbocycles. The number of carbonyl (C=O) groups is 5. The number of aromatic amines is 1. The lowest BCUT2D eigenvalue weighted by Crippen LogP contribution is -2.59. The molecule has 0 aliphatic rings. The van der Waals surface area contributed by atoms with E-state index < -0.39 is 53.8 Å². The summed E-state index contributed by atoms with van der Waals surface area (Å²) in [6.45, 7) is 3.55. The van der Waals surface area contributed by atoms with Gasteiger partial charge >= 0.3 is 5.97 Å².